The normalized spacial score (nSPS) is 10.0. The number of hydrogen-bond acceptors (Lipinski definition) is 3. The molecule has 1 aromatic rings. The van der Waals surface area contributed by atoms with Gasteiger partial charge in [-0.15, -0.1) is 0 Å². The average molecular weight is 264 g/mol. The number of aliphatic carboxylic acids is 1. The number of rotatable bonds is 5. The van der Waals surface area contributed by atoms with Gasteiger partial charge in [0, 0.05) is 5.56 Å². The largest absolute Gasteiger partial charge is 0.480 e. The Balaban J connectivity index is 3.03. The number of nitrogens with zero attached hydrogens (tertiary/aromatic N) is 1. The van der Waals surface area contributed by atoms with Crippen molar-refractivity contribution >= 4 is 17.8 Å². The summed E-state index contributed by atoms with van der Waals surface area (Å²) >= 11 is 0. The van der Waals surface area contributed by atoms with Crippen LogP contribution in [0.25, 0.3) is 0 Å². The maximum absolute atomic E-state index is 12.2. The fourth-order valence-corrected chi connectivity index (χ4v) is 1.83. The highest BCUT2D eigenvalue weighted by atomic mass is 16.4. The Morgan fingerprint density at radius 1 is 1.11 bits per heavy atom. The van der Waals surface area contributed by atoms with Crippen LogP contribution in [0.2, 0.25) is 0 Å². The van der Waals surface area contributed by atoms with Crippen LogP contribution < -0.4 is 5.73 Å². The number of amides is 2. The number of carboxylic acid groups (broad SMARTS) is 1. The minimum Gasteiger partial charge on any atom is -0.480 e. The molecule has 0 saturated heterocycles. The number of hydrogen-bond donors (Lipinski definition) is 2. The van der Waals surface area contributed by atoms with Gasteiger partial charge in [-0.1, -0.05) is 17.2 Å². The van der Waals surface area contributed by atoms with E-state index in [4.69, 9.17) is 10.8 Å². The number of benzene rings is 1. The molecule has 1 rings (SSSR count). The van der Waals surface area contributed by atoms with E-state index in [9.17, 15) is 14.4 Å². The highest BCUT2D eigenvalue weighted by molar-refractivity contribution is 5.98. The van der Waals surface area contributed by atoms with Crippen LogP contribution in [0.15, 0.2) is 18.2 Å². The first-order chi connectivity index (χ1) is 8.79. The first-order valence-corrected chi connectivity index (χ1v) is 5.67. The molecular formula is C13H16N2O4. The van der Waals surface area contributed by atoms with E-state index in [-0.39, 0.29) is 0 Å². The molecule has 0 aromatic heterocycles. The Bertz CT molecular complexity index is 489. The van der Waals surface area contributed by atoms with Crippen molar-refractivity contribution in [2.75, 3.05) is 13.1 Å². The molecule has 0 radical (unpaired) electrons. The molecule has 2 amide bonds. The summed E-state index contributed by atoms with van der Waals surface area (Å²) in [5.74, 6) is -2.47. The summed E-state index contributed by atoms with van der Waals surface area (Å²) in [6.07, 6.45) is 0. The second-order valence-corrected chi connectivity index (χ2v) is 4.40. The van der Waals surface area contributed by atoms with E-state index in [1.54, 1.807) is 12.1 Å². The van der Waals surface area contributed by atoms with E-state index in [2.05, 4.69) is 0 Å². The fraction of sp³-hybridized carbons (Fsp3) is 0.308. The summed E-state index contributed by atoms with van der Waals surface area (Å²) in [6, 6.07) is 5.18. The first kappa shape index (κ1) is 14.7. The van der Waals surface area contributed by atoms with Crippen molar-refractivity contribution in [3.63, 3.8) is 0 Å². The summed E-state index contributed by atoms with van der Waals surface area (Å²) in [5, 5.41) is 8.76. The van der Waals surface area contributed by atoms with Gasteiger partial charge in [-0.3, -0.25) is 14.4 Å². The predicted molar refractivity (Wildman–Crippen MR) is 68.6 cm³/mol. The lowest BCUT2D eigenvalue weighted by atomic mass is 10.1. The van der Waals surface area contributed by atoms with Gasteiger partial charge >= 0.3 is 5.97 Å². The number of carbonyl (C=O) groups is 3. The van der Waals surface area contributed by atoms with E-state index < -0.39 is 30.9 Å². The zero-order valence-corrected chi connectivity index (χ0v) is 10.8. The van der Waals surface area contributed by atoms with Gasteiger partial charge in [0.15, 0.2) is 0 Å². The van der Waals surface area contributed by atoms with Crippen molar-refractivity contribution in [1.29, 1.82) is 0 Å². The van der Waals surface area contributed by atoms with Crippen molar-refractivity contribution in [1.82, 2.24) is 4.90 Å². The standard InChI is InChI=1S/C13H16N2O4/c1-8-3-9(2)5-10(4-8)13(19)15(6-11(14)16)7-12(17)18/h3-5H,6-7H2,1-2H3,(H2,14,16)(H,17,18). The number of nitrogens with two attached hydrogens (primary N) is 1. The molecule has 0 aliphatic rings. The Labute approximate surface area is 110 Å². The minimum absolute atomic E-state index is 0.347. The van der Waals surface area contributed by atoms with Gasteiger partial charge in [-0.25, -0.2) is 0 Å². The van der Waals surface area contributed by atoms with Crippen LogP contribution in [0.4, 0.5) is 0 Å². The van der Waals surface area contributed by atoms with Crippen LogP contribution in [-0.4, -0.2) is 40.9 Å². The summed E-state index contributed by atoms with van der Waals surface area (Å²) in [5.41, 5.74) is 7.14. The Morgan fingerprint density at radius 3 is 2.05 bits per heavy atom. The van der Waals surface area contributed by atoms with Gasteiger partial charge in [0.1, 0.15) is 13.1 Å². The van der Waals surface area contributed by atoms with Crippen LogP contribution in [0.1, 0.15) is 21.5 Å². The molecule has 3 N–H and O–H groups in total. The third-order valence-electron chi connectivity index (χ3n) is 2.43. The Hall–Kier alpha value is -2.37. The molecule has 0 aliphatic heterocycles. The number of carboxylic acids is 1. The molecule has 0 saturated carbocycles. The predicted octanol–water partition coefficient (Wildman–Crippen LogP) is 0.316. The molecule has 0 fully saturated rings. The van der Waals surface area contributed by atoms with E-state index in [0.29, 0.717) is 5.56 Å². The smallest absolute Gasteiger partial charge is 0.323 e. The van der Waals surface area contributed by atoms with Crippen LogP contribution in [-0.2, 0) is 9.59 Å². The van der Waals surface area contributed by atoms with Crippen molar-refractivity contribution in [2.24, 2.45) is 5.73 Å². The molecule has 0 spiro atoms. The summed E-state index contributed by atoms with van der Waals surface area (Å²) < 4.78 is 0. The third kappa shape index (κ3) is 4.42. The molecule has 6 nitrogen and oxygen atoms in total. The van der Waals surface area contributed by atoms with Crippen molar-refractivity contribution in [2.45, 2.75) is 13.8 Å². The number of primary amides is 1. The number of aryl methyl sites for hydroxylation is 2. The number of carbonyl (C=O) groups excluding carboxylic acids is 2. The van der Waals surface area contributed by atoms with E-state index in [1.165, 1.54) is 0 Å². The molecule has 0 bridgehead atoms. The molecule has 6 heteroatoms. The van der Waals surface area contributed by atoms with Crippen molar-refractivity contribution < 1.29 is 19.5 Å². The fourth-order valence-electron chi connectivity index (χ4n) is 1.83. The lowest BCUT2D eigenvalue weighted by Gasteiger charge is -2.19. The van der Waals surface area contributed by atoms with E-state index in [1.807, 2.05) is 19.9 Å². The van der Waals surface area contributed by atoms with Gasteiger partial charge in [0.05, 0.1) is 0 Å². The highest BCUT2D eigenvalue weighted by Gasteiger charge is 2.20. The van der Waals surface area contributed by atoms with Crippen molar-refractivity contribution in [3.8, 4) is 0 Å². The Kier molecular flexibility index (Phi) is 4.63. The molecule has 102 valence electrons. The molecule has 0 heterocycles. The van der Waals surface area contributed by atoms with Gasteiger partial charge in [0.25, 0.3) is 5.91 Å². The minimum atomic E-state index is -1.20. The third-order valence-corrected chi connectivity index (χ3v) is 2.43. The average Bonchev–Trinajstić information content (AvgIpc) is 2.24. The molecular weight excluding hydrogens is 248 g/mol. The molecule has 19 heavy (non-hydrogen) atoms. The maximum atomic E-state index is 12.2. The Morgan fingerprint density at radius 2 is 1.63 bits per heavy atom. The topological polar surface area (TPSA) is 101 Å². The second kappa shape index (κ2) is 5.99. The SMILES string of the molecule is Cc1cc(C)cc(C(=O)N(CC(N)=O)CC(=O)O)c1. The highest BCUT2D eigenvalue weighted by Crippen LogP contribution is 2.11. The molecule has 0 unspecified atom stereocenters. The zero-order valence-electron chi connectivity index (χ0n) is 10.8. The van der Waals surface area contributed by atoms with E-state index >= 15 is 0 Å². The lowest BCUT2D eigenvalue weighted by Crippen LogP contribution is -2.41. The molecule has 1 aromatic carbocycles. The quantitative estimate of drug-likeness (QED) is 0.799. The second-order valence-electron chi connectivity index (χ2n) is 4.40. The van der Waals surface area contributed by atoms with Crippen molar-refractivity contribution in [3.05, 3.63) is 34.9 Å². The molecule has 0 atom stereocenters. The van der Waals surface area contributed by atoms with Gasteiger partial charge in [-0.2, -0.15) is 0 Å². The van der Waals surface area contributed by atoms with Gasteiger partial charge in [-0.05, 0) is 26.0 Å². The monoisotopic (exact) mass is 264 g/mol. The first-order valence-electron chi connectivity index (χ1n) is 5.67. The van der Waals surface area contributed by atoms with Gasteiger partial charge in [0.2, 0.25) is 5.91 Å². The summed E-state index contributed by atoms with van der Waals surface area (Å²) in [4.78, 5) is 34.7. The lowest BCUT2D eigenvalue weighted by molar-refractivity contribution is -0.138. The molecule has 0 aliphatic carbocycles. The van der Waals surface area contributed by atoms with Gasteiger partial charge < -0.3 is 15.7 Å². The van der Waals surface area contributed by atoms with Crippen LogP contribution in [0.3, 0.4) is 0 Å². The van der Waals surface area contributed by atoms with Crippen LogP contribution in [0.5, 0.6) is 0 Å². The van der Waals surface area contributed by atoms with Crippen LogP contribution in [0, 0.1) is 13.8 Å². The zero-order chi connectivity index (χ0) is 14.6. The maximum Gasteiger partial charge on any atom is 0.323 e. The summed E-state index contributed by atoms with van der Waals surface area (Å²) in [6.45, 7) is 2.69. The summed E-state index contributed by atoms with van der Waals surface area (Å²) in [7, 11) is 0. The van der Waals surface area contributed by atoms with E-state index in [0.717, 1.165) is 16.0 Å². The van der Waals surface area contributed by atoms with Crippen LogP contribution >= 0.6 is 0 Å².